The molecule has 0 radical (unpaired) electrons. The Morgan fingerprint density at radius 3 is 3.05 bits per heavy atom. The molecule has 0 spiro atoms. The van der Waals surface area contributed by atoms with Gasteiger partial charge in [-0.2, -0.15) is 0 Å². The zero-order valence-corrected chi connectivity index (χ0v) is 12.6. The minimum Gasteiger partial charge on any atom is -0.396 e. The van der Waals surface area contributed by atoms with Gasteiger partial charge in [0.15, 0.2) is 0 Å². The van der Waals surface area contributed by atoms with E-state index in [2.05, 4.69) is 5.32 Å². The van der Waals surface area contributed by atoms with Crippen LogP contribution in [0, 0.1) is 11.7 Å². The fraction of sp³-hybridized carbons (Fsp3) is 0.533. The van der Waals surface area contributed by atoms with E-state index in [0.29, 0.717) is 10.9 Å². The highest BCUT2D eigenvalue weighted by atomic mass is 35.5. The van der Waals surface area contributed by atoms with Crippen molar-refractivity contribution in [1.82, 2.24) is 4.90 Å². The molecule has 0 saturated carbocycles. The van der Waals surface area contributed by atoms with E-state index in [4.69, 9.17) is 16.7 Å². The highest BCUT2D eigenvalue weighted by Gasteiger charge is 2.21. The van der Waals surface area contributed by atoms with Crippen LogP contribution in [0.15, 0.2) is 18.2 Å². The van der Waals surface area contributed by atoms with Crippen molar-refractivity contribution in [3.8, 4) is 0 Å². The smallest absolute Gasteiger partial charge is 0.238 e. The molecule has 1 atom stereocenters. The number of hydrogen-bond donors (Lipinski definition) is 2. The van der Waals surface area contributed by atoms with Gasteiger partial charge in [-0.05, 0) is 49.9 Å². The minimum atomic E-state index is -0.535. The Labute approximate surface area is 128 Å². The normalized spacial score (nSPS) is 19.5. The van der Waals surface area contributed by atoms with Gasteiger partial charge in [0.25, 0.3) is 0 Å². The molecule has 1 aromatic carbocycles. The number of carbonyl (C=O) groups is 1. The Balaban J connectivity index is 1.86. The van der Waals surface area contributed by atoms with Gasteiger partial charge >= 0.3 is 0 Å². The summed E-state index contributed by atoms with van der Waals surface area (Å²) in [4.78, 5) is 14.0. The number of carbonyl (C=O) groups excluding carboxylic acids is 1. The van der Waals surface area contributed by atoms with Gasteiger partial charge in [-0.1, -0.05) is 11.6 Å². The average Bonchev–Trinajstić information content (AvgIpc) is 2.43. The summed E-state index contributed by atoms with van der Waals surface area (Å²) in [7, 11) is 0. The predicted molar refractivity (Wildman–Crippen MR) is 80.9 cm³/mol. The molecule has 1 fully saturated rings. The van der Waals surface area contributed by atoms with Crippen LogP contribution in [0.4, 0.5) is 10.1 Å². The van der Waals surface area contributed by atoms with Gasteiger partial charge in [0.2, 0.25) is 5.91 Å². The second-order valence-electron chi connectivity index (χ2n) is 5.43. The number of rotatable bonds is 5. The second-order valence-corrected chi connectivity index (χ2v) is 5.86. The van der Waals surface area contributed by atoms with E-state index < -0.39 is 5.82 Å². The lowest BCUT2D eigenvalue weighted by Crippen LogP contribution is -2.40. The van der Waals surface area contributed by atoms with E-state index in [1.165, 1.54) is 12.1 Å². The Morgan fingerprint density at radius 1 is 1.52 bits per heavy atom. The standard InChI is InChI=1S/C15H20ClFN2O2/c16-12-3-4-14(13(17)8-12)18-15(21)10-19-6-1-2-11(9-19)5-7-20/h3-4,8,11,20H,1-2,5-7,9-10H2,(H,18,21). The van der Waals surface area contributed by atoms with E-state index in [9.17, 15) is 9.18 Å². The molecule has 2 N–H and O–H groups in total. The monoisotopic (exact) mass is 314 g/mol. The van der Waals surface area contributed by atoms with Crippen molar-refractivity contribution >= 4 is 23.2 Å². The number of halogens is 2. The van der Waals surface area contributed by atoms with Crippen molar-refractivity contribution in [2.75, 3.05) is 31.6 Å². The Bertz CT molecular complexity index is 497. The highest BCUT2D eigenvalue weighted by Crippen LogP contribution is 2.20. The molecule has 0 bridgehead atoms. The predicted octanol–water partition coefficient (Wildman–Crippen LogP) is 2.51. The quantitative estimate of drug-likeness (QED) is 0.878. The van der Waals surface area contributed by atoms with Gasteiger partial charge < -0.3 is 10.4 Å². The number of aliphatic hydroxyl groups excluding tert-OH is 1. The average molecular weight is 315 g/mol. The van der Waals surface area contributed by atoms with E-state index >= 15 is 0 Å². The second kappa shape index (κ2) is 7.73. The summed E-state index contributed by atoms with van der Waals surface area (Å²) in [5.41, 5.74) is 0.147. The van der Waals surface area contributed by atoms with Crippen LogP contribution in [0.5, 0.6) is 0 Å². The van der Waals surface area contributed by atoms with Crippen LogP contribution in [0.2, 0.25) is 5.02 Å². The largest absolute Gasteiger partial charge is 0.396 e. The number of aliphatic hydroxyl groups is 1. The summed E-state index contributed by atoms with van der Waals surface area (Å²) in [5, 5.41) is 11.9. The maximum atomic E-state index is 13.6. The van der Waals surface area contributed by atoms with Crippen molar-refractivity contribution in [3.63, 3.8) is 0 Å². The van der Waals surface area contributed by atoms with Crippen LogP contribution in [0.25, 0.3) is 0 Å². The lowest BCUT2D eigenvalue weighted by Gasteiger charge is -2.31. The lowest BCUT2D eigenvalue weighted by molar-refractivity contribution is -0.117. The molecule has 2 rings (SSSR count). The summed E-state index contributed by atoms with van der Waals surface area (Å²) in [6, 6.07) is 4.17. The molecule has 1 aliphatic heterocycles. The number of amides is 1. The van der Waals surface area contributed by atoms with Crippen LogP contribution < -0.4 is 5.32 Å². The fourth-order valence-corrected chi connectivity index (χ4v) is 2.86. The highest BCUT2D eigenvalue weighted by molar-refractivity contribution is 6.30. The van der Waals surface area contributed by atoms with Crippen molar-refractivity contribution in [3.05, 3.63) is 29.0 Å². The van der Waals surface area contributed by atoms with Crippen LogP contribution in [0.1, 0.15) is 19.3 Å². The topological polar surface area (TPSA) is 52.6 Å². The van der Waals surface area contributed by atoms with Gasteiger partial charge in [0, 0.05) is 18.2 Å². The first kappa shape index (κ1) is 16.2. The number of nitrogens with one attached hydrogen (secondary N) is 1. The SMILES string of the molecule is O=C(CN1CCCC(CCO)C1)Nc1ccc(Cl)cc1F. The number of benzene rings is 1. The van der Waals surface area contributed by atoms with Crippen molar-refractivity contribution in [2.24, 2.45) is 5.92 Å². The van der Waals surface area contributed by atoms with Crippen molar-refractivity contribution in [2.45, 2.75) is 19.3 Å². The summed E-state index contributed by atoms with van der Waals surface area (Å²) in [6.45, 7) is 2.08. The first-order valence-corrected chi connectivity index (χ1v) is 7.54. The summed E-state index contributed by atoms with van der Waals surface area (Å²) in [6.07, 6.45) is 2.88. The van der Waals surface area contributed by atoms with Crippen LogP contribution in [0.3, 0.4) is 0 Å². The van der Waals surface area contributed by atoms with E-state index in [-0.39, 0.29) is 24.7 Å². The minimum absolute atomic E-state index is 0.147. The third-order valence-electron chi connectivity index (χ3n) is 3.71. The number of hydrogen-bond acceptors (Lipinski definition) is 3. The Morgan fingerprint density at radius 2 is 2.33 bits per heavy atom. The maximum Gasteiger partial charge on any atom is 0.238 e. The molecule has 1 aromatic rings. The van der Waals surface area contributed by atoms with Gasteiger partial charge in [-0.25, -0.2) is 4.39 Å². The molecule has 0 aliphatic carbocycles. The third kappa shape index (κ3) is 4.95. The van der Waals surface area contributed by atoms with Crippen LogP contribution >= 0.6 is 11.6 Å². The number of piperidine rings is 1. The van der Waals surface area contributed by atoms with E-state index in [1.54, 1.807) is 6.07 Å². The molecular formula is C15H20ClFN2O2. The number of likely N-dealkylation sites (tertiary alicyclic amines) is 1. The fourth-order valence-electron chi connectivity index (χ4n) is 2.70. The molecule has 0 aromatic heterocycles. The van der Waals surface area contributed by atoms with Gasteiger partial charge in [-0.3, -0.25) is 9.69 Å². The number of nitrogens with zero attached hydrogens (tertiary/aromatic N) is 1. The summed E-state index contributed by atoms with van der Waals surface area (Å²) < 4.78 is 13.6. The zero-order chi connectivity index (χ0) is 15.2. The van der Waals surface area contributed by atoms with E-state index in [0.717, 1.165) is 32.4 Å². The van der Waals surface area contributed by atoms with Gasteiger partial charge in [-0.15, -0.1) is 0 Å². The zero-order valence-electron chi connectivity index (χ0n) is 11.8. The Hall–Kier alpha value is -1.17. The van der Waals surface area contributed by atoms with Crippen LogP contribution in [-0.2, 0) is 4.79 Å². The van der Waals surface area contributed by atoms with Gasteiger partial charge in [0.05, 0.1) is 12.2 Å². The third-order valence-corrected chi connectivity index (χ3v) is 3.95. The Kier molecular flexibility index (Phi) is 5.96. The van der Waals surface area contributed by atoms with E-state index in [1.807, 2.05) is 4.90 Å². The molecule has 6 heteroatoms. The van der Waals surface area contributed by atoms with Crippen molar-refractivity contribution < 1.29 is 14.3 Å². The summed E-state index contributed by atoms with van der Waals surface area (Å²) in [5.74, 6) is -0.336. The maximum absolute atomic E-state index is 13.6. The van der Waals surface area contributed by atoms with Crippen LogP contribution in [-0.4, -0.2) is 42.2 Å². The molecule has 1 unspecified atom stereocenters. The van der Waals surface area contributed by atoms with Gasteiger partial charge in [0.1, 0.15) is 5.82 Å². The molecule has 1 heterocycles. The lowest BCUT2D eigenvalue weighted by atomic mass is 9.95. The molecule has 1 amide bonds. The number of anilines is 1. The molecule has 116 valence electrons. The first-order chi connectivity index (χ1) is 10.1. The molecule has 21 heavy (non-hydrogen) atoms. The first-order valence-electron chi connectivity index (χ1n) is 7.16. The molecule has 4 nitrogen and oxygen atoms in total. The van der Waals surface area contributed by atoms with Crippen molar-refractivity contribution in [1.29, 1.82) is 0 Å². The summed E-state index contributed by atoms with van der Waals surface area (Å²) >= 11 is 5.67. The molecule has 1 saturated heterocycles. The molecule has 1 aliphatic rings. The molecular weight excluding hydrogens is 295 g/mol.